The molecule has 3 rings (SSSR count). The Balaban J connectivity index is 2.07. The minimum Gasteiger partial charge on any atom is -0.360 e. The highest BCUT2D eigenvalue weighted by molar-refractivity contribution is 6.33. The standard InChI is InChI=1S/C18H13ClF2N2O2/c1-10-15(18(24)23(2)12-8-6-11(20)7-9-12)17(22-25-10)16-13(19)4-3-5-14(16)21/h3-9H,1-2H3. The summed E-state index contributed by atoms with van der Waals surface area (Å²) in [7, 11) is 1.52. The number of amides is 1. The van der Waals surface area contributed by atoms with E-state index >= 15 is 0 Å². The van der Waals surface area contributed by atoms with E-state index < -0.39 is 17.5 Å². The first-order chi connectivity index (χ1) is 11.9. The smallest absolute Gasteiger partial charge is 0.263 e. The molecule has 0 radical (unpaired) electrons. The normalized spacial score (nSPS) is 10.8. The van der Waals surface area contributed by atoms with Gasteiger partial charge in [-0.15, -0.1) is 0 Å². The Kier molecular flexibility index (Phi) is 4.55. The number of benzene rings is 2. The van der Waals surface area contributed by atoms with E-state index in [2.05, 4.69) is 5.16 Å². The maximum absolute atomic E-state index is 14.2. The molecule has 1 heterocycles. The average molecular weight is 363 g/mol. The summed E-state index contributed by atoms with van der Waals surface area (Å²) in [6, 6.07) is 9.60. The second-order valence-corrected chi connectivity index (χ2v) is 5.81. The molecule has 2 aromatic carbocycles. The highest BCUT2D eigenvalue weighted by Gasteiger charge is 2.27. The molecule has 0 atom stereocenters. The summed E-state index contributed by atoms with van der Waals surface area (Å²) in [4.78, 5) is 14.2. The molecular weight excluding hydrogens is 350 g/mol. The van der Waals surface area contributed by atoms with Crippen LogP contribution in [0.15, 0.2) is 47.0 Å². The van der Waals surface area contributed by atoms with Crippen LogP contribution in [0.25, 0.3) is 11.3 Å². The van der Waals surface area contributed by atoms with E-state index in [-0.39, 0.29) is 27.6 Å². The molecule has 0 spiro atoms. The van der Waals surface area contributed by atoms with Crippen molar-refractivity contribution in [3.63, 3.8) is 0 Å². The van der Waals surface area contributed by atoms with Crippen LogP contribution in [0, 0.1) is 18.6 Å². The van der Waals surface area contributed by atoms with Gasteiger partial charge in [0.1, 0.15) is 28.7 Å². The highest BCUT2D eigenvalue weighted by Crippen LogP contribution is 2.34. The van der Waals surface area contributed by atoms with Gasteiger partial charge < -0.3 is 9.42 Å². The van der Waals surface area contributed by atoms with Crippen molar-refractivity contribution >= 4 is 23.2 Å². The zero-order valence-corrected chi connectivity index (χ0v) is 14.1. The molecule has 1 amide bonds. The van der Waals surface area contributed by atoms with Crippen molar-refractivity contribution in [1.29, 1.82) is 0 Å². The van der Waals surface area contributed by atoms with Gasteiger partial charge in [0.05, 0.1) is 10.6 Å². The first-order valence-corrected chi connectivity index (χ1v) is 7.72. The van der Waals surface area contributed by atoms with Crippen LogP contribution < -0.4 is 4.90 Å². The number of rotatable bonds is 3. The number of aryl methyl sites for hydroxylation is 1. The second-order valence-electron chi connectivity index (χ2n) is 5.40. The Labute approximate surface area is 147 Å². The minimum atomic E-state index is -0.612. The molecule has 4 nitrogen and oxygen atoms in total. The predicted molar refractivity (Wildman–Crippen MR) is 90.8 cm³/mol. The van der Waals surface area contributed by atoms with Crippen LogP contribution in [-0.2, 0) is 0 Å². The third-order valence-electron chi connectivity index (χ3n) is 3.79. The molecule has 0 unspecified atom stereocenters. The summed E-state index contributed by atoms with van der Waals surface area (Å²) in [5.41, 5.74) is 0.591. The van der Waals surface area contributed by atoms with Gasteiger partial charge in [0, 0.05) is 12.7 Å². The first kappa shape index (κ1) is 17.1. The Morgan fingerprint density at radius 2 is 1.84 bits per heavy atom. The third-order valence-corrected chi connectivity index (χ3v) is 4.11. The molecule has 0 N–H and O–H groups in total. The fourth-order valence-electron chi connectivity index (χ4n) is 2.47. The van der Waals surface area contributed by atoms with Crippen molar-refractivity contribution in [2.24, 2.45) is 0 Å². The number of hydrogen-bond donors (Lipinski definition) is 0. The van der Waals surface area contributed by atoms with Crippen molar-refractivity contribution in [3.8, 4) is 11.3 Å². The minimum absolute atomic E-state index is 0.00290. The maximum atomic E-state index is 14.2. The summed E-state index contributed by atoms with van der Waals surface area (Å²) in [6.07, 6.45) is 0. The summed E-state index contributed by atoms with van der Waals surface area (Å²) in [5.74, 6) is -1.27. The Morgan fingerprint density at radius 3 is 2.48 bits per heavy atom. The average Bonchev–Trinajstić information content (AvgIpc) is 2.95. The van der Waals surface area contributed by atoms with E-state index in [1.807, 2.05) is 0 Å². The van der Waals surface area contributed by atoms with Crippen molar-refractivity contribution in [1.82, 2.24) is 5.16 Å². The molecule has 0 saturated carbocycles. The first-order valence-electron chi connectivity index (χ1n) is 7.34. The molecule has 128 valence electrons. The van der Waals surface area contributed by atoms with E-state index in [4.69, 9.17) is 16.1 Å². The molecule has 0 saturated heterocycles. The molecule has 7 heteroatoms. The summed E-state index contributed by atoms with van der Waals surface area (Å²) >= 11 is 6.08. The molecule has 0 aliphatic heterocycles. The lowest BCUT2D eigenvalue weighted by molar-refractivity contribution is 0.0992. The van der Waals surface area contributed by atoms with Gasteiger partial charge in [0.15, 0.2) is 0 Å². The van der Waals surface area contributed by atoms with E-state index in [0.29, 0.717) is 5.69 Å². The van der Waals surface area contributed by atoms with Crippen molar-refractivity contribution < 1.29 is 18.1 Å². The van der Waals surface area contributed by atoms with E-state index in [1.54, 1.807) is 6.92 Å². The topological polar surface area (TPSA) is 46.3 Å². The van der Waals surface area contributed by atoms with Crippen LogP contribution in [0.1, 0.15) is 16.1 Å². The summed E-state index contributed by atoms with van der Waals surface area (Å²) < 4.78 is 32.4. The number of aromatic nitrogens is 1. The van der Waals surface area contributed by atoms with Crippen LogP contribution in [0.4, 0.5) is 14.5 Å². The van der Waals surface area contributed by atoms with Crippen molar-refractivity contribution in [2.45, 2.75) is 6.92 Å². The van der Waals surface area contributed by atoms with Crippen LogP contribution in [0.5, 0.6) is 0 Å². The van der Waals surface area contributed by atoms with E-state index in [0.717, 1.165) is 0 Å². The Bertz CT molecular complexity index is 918. The Morgan fingerprint density at radius 1 is 1.16 bits per heavy atom. The lowest BCUT2D eigenvalue weighted by atomic mass is 10.0. The number of anilines is 1. The van der Waals surface area contributed by atoms with Gasteiger partial charge in [-0.1, -0.05) is 22.8 Å². The molecule has 0 aliphatic rings. The van der Waals surface area contributed by atoms with Gasteiger partial charge in [0.2, 0.25) is 0 Å². The number of hydrogen-bond acceptors (Lipinski definition) is 3. The molecule has 1 aromatic heterocycles. The quantitative estimate of drug-likeness (QED) is 0.668. The highest BCUT2D eigenvalue weighted by atomic mass is 35.5. The number of halogens is 3. The zero-order valence-electron chi connectivity index (χ0n) is 13.4. The third kappa shape index (κ3) is 3.13. The predicted octanol–water partition coefficient (Wildman–Crippen LogP) is 4.86. The summed E-state index contributed by atoms with van der Waals surface area (Å²) in [5, 5.41) is 3.93. The largest absolute Gasteiger partial charge is 0.360 e. The van der Waals surface area contributed by atoms with Gasteiger partial charge in [-0.2, -0.15) is 0 Å². The van der Waals surface area contributed by atoms with Crippen LogP contribution in [0.3, 0.4) is 0 Å². The maximum Gasteiger partial charge on any atom is 0.263 e. The van der Waals surface area contributed by atoms with Gasteiger partial charge in [-0.3, -0.25) is 4.79 Å². The monoisotopic (exact) mass is 362 g/mol. The molecule has 25 heavy (non-hydrogen) atoms. The van der Waals surface area contributed by atoms with E-state index in [1.165, 1.54) is 54.4 Å². The van der Waals surface area contributed by atoms with Crippen molar-refractivity contribution in [3.05, 3.63) is 70.4 Å². The zero-order chi connectivity index (χ0) is 18.1. The molecule has 3 aromatic rings. The number of nitrogens with zero attached hydrogens (tertiary/aromatic N) is 2. The SMILES string of the molecule is Cc1onc(-c2c(F)cccc2Cl)c1C(=O)N(C)c1ccc(F)cc1. The fraction of sp³-hybridized carbons (Fsp3) is 0.111. The lowest BCUT2D eigenvalue weighted by Gasteiger charge is -2.17. The number of carbonyl (C=O) groups is 1. The van der Waals surface area contributed by atoms with Gasteiger partial charge in [0.25, 0.3) is 5.91 Å². The fourth-order valence-corrected chi connectivity index (χ4v) is 2.72. The van der Waals surface area contributed by atoms with Crippen molar-refractivity contribution in [2.75, 3.05) is 11.9 Å². The molecule has 0 bridgehead atoms. The van der Waals surface area contributed by atoms with Crippen LogP contribution in [-0.4, -0.2) is 18.1 Å². The lowest BCUT2D eigenvalue weighted by Crippen LogP contribution is -2.27. The number of carbonyl (C=O) groups excluding carboxylic acids is 1. The van der Waals surface area contributed by atoms with Crippen LogP contribution in [0.2, 0.25) is 5.02 Å². The Hall–Kier alpha value is -2.73. The van der Waals surface area contributed by atoms with Gasteiger partial charge in [-0.05, 0) is 43.3 Å². The van der Waals surface area contributed by atoms with E-state index in [9.17, 15) is 13.6 Å². The van der Waals surface area contributed by atoms with Crippen LogP contribution >= 0.6 is 11.6 Å². The second kappa shape index (κ2) is 6.64. The van der Waals surface area contributed by atoms with Gasteiger partial charge in [-0.25, -0.2) is 8.78 Å². The summed E-state index contributed by atoms with van der Waals surface area (Å²) in [6.45, 7) is 1.55. The molecule has 0 aliphatic carbocycles. The van der Waals surface area contributed by atoms with Gasteiger partial charge >= 0.3 is 0 Å². The molecular formula is C18H13ClF2N2O2. The molecule has 0 fully saturated rings.